The molecule has 0 saturated heterocycles. The summed E-state index contributed by atoms with van der Waals surface area (Å²) in [5.41, 5.74) is 3.52. The Balaban J connectivity index is 2.10. The zero-order valence-corrected chi connectivity index (χ0v) is 12.9. The third-order valence-corrected chi connectivity index (χ3v) is 4.71. The number of hydrogen-bond acceptors (Lipinski definition) is 3. The molecular weight excluding hydrogens is 280 g/mol. The molecule has 2 aromatic heterocycles. The monoisotopic (exact) mass is 296 g/mol. The van der Waals surface area contributed by atoms with Crippen molar-refractivity contribution in [1.29, 1.82) is 0 Å². The molecule has 0 unspecified atom stereocenters. The first-order valence-corrected chi connectivity index (χ1v) is 7.74. The van der Waals surface area contributed by atoms with Gasteiger partial charge in [0.25, 0.3) is 0 Å². The molecular formula is C17H16N2OS. The first-order chi connectivity index (χ1) is 10.2. The van der Waals surface area contributed by atoms with E-state index in [1.807, 2.05) is 37.3 Å². The Labute approximate surface area is 127 Å². The molecule has 0 bridgehead atoms. The lowest BCUT2D eigenvalue weighted by Crippen LogP contribution is -1.97. The Kier molecular flexibility index (Phi) is 3.71. The number of nitrogens with zero attached hydrogens (tertiary/aromatic N) is 2. The van der Waals surface area contributed by atoms with Crippen molar-refractivity contribution in [2.45, 2.75) is 20.3 Å². The number of aldehydes is 1. The van der Waals surface area contributed by atoms with Crippen molar-refractivity contribution in [2.75, 3.05) is 0 Å². The lowest BCUT2D eigenvalue weighted by Gasteiger charge is -2.04. The molecule has 0 aliphatic carbocycles. The second-order valence-corrected chi connectivity index (χ2v) is 6.07. The molecule has 0 aliphatic rings. The maximum absolute atomic E-state index is 11.4. The van der Waals surface area contributed by atoms with E-state index < -0.39 is 0 Å². The second-order valence-electron chi connectivity index (χ2n) is 4.90. The van der Waals surface area contributed by atoms with Gasteiger partial charge in [0, 0.05) is 11.1 Å². The number of aryl methyl sites for hydroxylation is 2. The summed E-state index contributed by atoms with van der Waals surface area (Å²) < 4.78 is 1.79. The molecule has 3 rings (SSSR count). The maximum atomic E-state index is 11.4. The molecule has 3 nitrogen and oxygen atoms in total. The highest BCUT2D eigenvalue weighted by Gasteiger charge is 2.14. The van der Waals surface area contributed by atoms with Crippen LogP contribution in [0.2, 0.25) is 0 Å². The fraction of sp³-hybridized carbons (Fsp3) is 0.176. The number of benzene rings is 1. The van der Waals surface area contributed by atoms with Gasteiger partial charge in [-0.3, -0.25) is 4.79 Å². The van der Waals surface area contributed by atoms with E-state index in [4.69, 9.17) is 0 Å². The van der Waals surface area contributed by atoms with Crippen LogP contribution in [0.5, 0.6) is 0 Å². The molecule has 0 spiro atoms. The fourth-order valence-electron chi connectivity index (χ4n) is 2.30. The van der Waals surface area contributed by atoms with Crippen LogP contribution in [0.1, 0.15) is 27.7 Å². The summed E-state index contributed by atoms with van der Waals surface area (Å²) in [5, 5.41) is 4.63. The van der Waals surface area contributed by atoms with Gasteiger partial charge in [-0.15, -0.1) is 11.3 Å². The summed E-state index contributed by atoms with van der Waals surface area (Å²) in [6.45, 7) is 4.17. The summed E-state index contributed by atoms with van der Waals surface area (Å²) in [6, 6.07) is 12.2. The lowest BCUT2D eigenvalue weighted by atomic mass is 10.2. The highest BCUT2D eigenvalue weighted by atomic mass is 32.1. The highest BCUT2D eigenvalue weighted by Crippen LogP contribution is 2.30. The molecule has 0 aliphatic heterocycles. The van der Waals surface area contributed by atoms with Crippen molar-refractivity contribution in [3.8, 4) is 16.3 Å². The minimum Gasteiger partial charge on any atom is -0.298 e. The number of thiophene rings is 1. The van der Waals surface area contributed by atoms with Crippen LogP contribution in [0, 0.1) is 6.92 Å². The van der Waals surface area contributed by atoms with Crippen LogP contribution < -0.4 is 0 Å². The molecule has 0 N–H and O–H groups in total. The predicted molar refractivity (Wildman–Crippen MR) is 86.4 cm³/mol. The van der Waals surface area contributed by atoms with Gasteiger partial charge in [-0.1, -0.05) is 25.1 Å². The smallest absolute Gasteiger partial charge is 0.153 e. The van der Waals surface area contributed by atoms with E-state index in [0.717, 1.165) is 34.5 Å². The average molecular weight is 296 g/mol. The van der Waals surface area contributed by atoms with Crippen LogP contribution in [0.3, 0.4) is 0 Å². The lowest BCUT2D eigenvalue weighted by molar-refractivity contribution is 0.112. The minimum absolute atomic E-state index is 0.628. The van der Waals surface area contributed by atoms with E-state index in [-0.39, 0.29) is 0 Å². The molecule has 106 valence electrons. The van der Waals surface area contributed by atoms with Crippen molar-refractivity contribution in [3.05, 3.63) is 58.6 Å². The van der Waals surface area contributed by atoms with Gasteiger partial charge >= 0.3 is 0 Å². The summed E-state index contributed by atoms with van der Waals surface area (Å²) in [6.07, 6.45) is 3.68. The number of aromatic nitrogens is 2. The van der Waals surface area contributed by atoms with Gasteiger partial charge in [-0.2, -0.15) is 5.10 Å². The van der Waals surface area contributed by atoms with Gasteiger partial charge in [-0.25, -0.2) is 4.68 Å². The van der Waals surface area contributed by atoms with Crippen LogP contribution in [-0.2, 0) is 6.42 Å². The summed E-state index contributed by atoms with van der Waals surface area (Å²) in [7, 11) is 0. The number of carbonyl (C=O) groups is 1. The van der Waals surface area contributed by atoms with E-state index in [2.05, 4.69) is 18.1 Å². The van der Waals surface area contributed by atoms with Gasteiger partial charge < -0.3 is 0 Å². The zero-order chi connectivity index (χ0) is 14.8. The summed E-state index contributed by atoms with van der Waals surface area (Å²) in [5.74, 6) is 0. The molecule has 0 amide bonds. The van der Waals surface area contributed by atoms with E-state index >= 15 is 0 Å². The Morgan fingerprint density at radius 2 is 2.05 bits per heavy atom. The summed E-state index contributed by atoms with van der Waals surface area (Å²) >= 11 is 1.69. The maximum Gasteiger partial charge on any atom is 0.153 e. The first-order valence-electron chi connectivity index (χ1n) is 6.93. The Hall–Kier alpha value is -2.20. The van der Waals surface area contributed by atoms with Gasteiger partial charge in [0.1, 0.15) is 5.69 Å². The van der Waals surface area contributed by atoms with Gasteiger partial charge in [0.15, 0.2) is 6.29 Å². The van der Waals surface area contributed by atoms with Crippen LogP contribution in [0.25, 0.3) is 16.3 Å². The highest BCUT2D eigenvalue weighted by molar-refractivity contribution is 7.15. The van der Waals surface area contributed by atoms with Crippen molar-refractivity contribution in [1.82, 2.24) is 9.78 Å². The molecule has 1 aromatic carbocycles. The molecule has 0 fully saturated rings. The van der Waals surface area contributed by atoms with Crippen LogP contribution in [0.15, 0.2) is 42.6 Å². The molecule has 4 heteroatoms. The van der Waals surface area contributed by atoms with Crippen molar-refractivity contribution < 1.29 is 4.79 Å². The topological polar surface area (TPSA) is 34.9 Å². The van der Waals surface area contributed by atoms with Gasteiger partial charge in [0.2, 0.25) is 0 Å². The van der Waals surface area contributed by atoms with Crippen molar-refractivity contribution >= 4 is 17.6 Å². The standard InChI is InChI=1S/C17H16N2OS/c1-3-14-8-9-16(21-14)17-13(11-20)10-19(18-17)15-7-5-4-6-12(15)2/h4-11H,3H2,1-2H3. The SMILES string of the molecule is CCc1ccc(-c2nn(-c3ccccc3C)cc2C=O)s1. The van der Waals surface area contributed by atoms with Crippen LogP contribution >= 0.6 is 11.3 Å². The number of hydrogen-bond donors (Lipinski definition) is 0. The quantitative estimate of drug-likeness (QED) is 0.673. The third-order valence-electron chi connectivity index (χ3n) is 3.48. The van der Waals surface area contributed by atoms with E-state index in [0.29, 0.717) is 5.56 Å². The predicted octanol–water partition coefficient (Wildman–Crippen LogP) is 4.28. The van der Waals surface area contributed by atoms with Gasteiger partial charge in [0.05, 0.1) is 16.1 Å². The van der Waals surface area contributed by atoms with E-state index in [9.17, 15) is 4.79 Å². The zero-order valence-electron chi connectivity index (χ0n) is 12.0. The second kappa shape index (κ2) is 5.66. The summed E-state index contributed by atoms with van der Waals surface area (Å²) in [4.78, 5) is 13.7. The van der Waals surface area contributed by atoms with Crippen LogP contribution in [0.4, 0.5) is 0 Å². The molecule has 0 radical (unpaired) electrons. The molecule has 0 saturated carbocycles. The molecule has 0 atom stereocenters. The number of rotatable bonds is 4. The number of carbonyl (C=O) groups excluding carboxylic acids is 1. The molecule has 3 aromatic rings. The largest absolute Gasteiger partial charge is 0.298 e. The Morgan fingerprint density at radius 1 is 1.24 bits per heavy atom. The number of para-hydroxylation sites is 1. The Morgan fingerprint density at radius 3 is 2.71 bits per heavy atom. The Bertz CT molecular complexity index is 786. The molecule has 2 heterocycles. The molecule has 21 heavy (non-hydrogen) atoms. The fourth-order valence-corrected chi connectivity index (χ4v) is 3.26. The minimum atomic E-state index is 0.628. The first kappa shape index (κ1) is 13.8. The average Bonchev–Trinajstić information content (AvgIpc) is 3.13. The van der Waals surface area contributed by atoms with Gasteiger partial charge in [-0.05, 0) is 37.1 Å². The van der Waals surface area contributed by atoms with E-state index in [1.165, 1.54) is 4.88 Å². The van der Waals surface area contributed by atoms with Crippen LogP contribution in [-0.4, -0.2) is 16.1 Å². The van der Waals surface area contributed by atoms with Crippen molar-refractivity contribution in [3.63, 3.8) is 0 Å². The third kappa shape index (κ3) is 2.54. The normalized spacial score (nSPS) is 10.8. The van der Waals surface area contributed by atoms with Crippen molar-refractivity contribution in [2.24, 2.45) is 0 Å². The van der Waals surface area contributed by atoms with E-state index in [1.54, 1.807) is 22.2 Å².